The van der Waals surface area contributed by atoms with Crippen LogP contribution in [0, 0.1) is 11.8 Å². The highest BCUT2D eigenvalue weighted by Crippen LogP contribution is 2.21. The molecule has 0 unspecified atom stereocenters. The van der Waals surface area contributed by atoms with Gasteiger partial charge in [0.2, 0.25) is 0 Å². The molecule has 0 aromatic heterocycles. The Labute approximate surface area is 138 Å². The summed E-state index contributed by atoms with van der Waals surface area (Å²) in [5.74, 6) is 5.39. The largest absolute Gasteiger partial charge is 0.462 e. The molecule has 0 aliphatic carbocycles. The Hall–Kier alpha value is -2.74. The first-order chi connectivity index (χ1) is 11.4. The van der Waals surface area contributed by atoms with Gasteiger partial charge < -0.3 is 4.74 Å². The van der Waals surface area contributed by atoms with Gasteiger partial charge in [0.05, 0.1) is 18.6 Å². The number of carbonyl (C=O) groups is 1. The maximum Gasteiger partial charge on any atom is 0.393 e. The number of carbonyl (C=O) groups excluding carboxylic acids is 1. The van der Waals surface area contributed by atoms with Crippen LogP contribution in [-0.4, -0.2) is 18.8 Å². The van der Waals surface area contributed by atoms with Crippen LogP contribution in [0.3, 0.4) is 0 Å². The van der Waals surface area contributed by atoms with Crippen LogP contribution in [0.25, 0.3) is 0 Å². The summed E-state index contributed by atoms with van der Waals surface area (Å²) < 4.78 is 41.8. The summed E-state index contributed by atoms with van der Waals surface area (Å²) in [6.07, 6.45) is -5.16. The number of benzene rings is 2. The van der Waals surface area contributed by atoms with E-state index in [2.05, 4.69) is 11.8 Å². The second-order valence-electron chi connectivity index (χ2n) is 5.04. The molecular formula is C19H15F3O2. The summed E-state index contributed by atoms with van der Waals surface area (Å²) in [5.41, 5.74) is 1.96. The third-order valence-corrected chi connectivity index (χ3v) is 3.11. The van der Waals surface area contributed by atoms with Crippen LogP contribution in [0.1, 0.15) is 34.0 Å². The predicted octanol–water partition coefficient (Wildman–Crippen LogP) is 4.37. The van der Waals surface area contributed by atoms with Crippen molar-refractivity contribution in [1.29, 1.82) is 0 Å². The zero-order valence-corrected chi connectivity index (χ0v) is 13.0. The van der Waals surface area contributed by atoms with E-state index in [4.69, 9.17) is 4.74 Å². The molecule has 0 N–H and O–H groups in total. The van der Waals surface area contributed by atoms with E-state index in [-0.39, 0.29) is 5.56 Å². The fourth-order valence-electron chi connectivity index (χ4n) is 1.99. The summed E-state index contributed by atoms with van der Waals surface area (Å²) in [4.78, 5) is 11.5. The molecule has 0 aliphatic rings. The van der Waals surface area contributed by atoms with Crippen molar-refractivity contribution in [2.45, 2.75) is 19.5 Å². The van der Waals surface area contributed by atoms with Crippen LogP contribution in [0.2, 0.25) is 0 Å². The SMILES string of the molecule is CCOC(=O)c1ccc(C#Cc2ccc(CC(F)(F)F)cc2)cc1. The number of hydrogen-bond donors (Lipinski definition) is 0. The van der Waals surface area contributed by atoms with Crippen molar-refractivity contribution in [3.8, 4) is 11.8 Å². The van der Waals surface area contributed by atoms with Gasteiger partial charge in [-0.2, -0.15) is 13.2 Å². The second-order valence-corrected chi connectivity index (χ2v) is 5.04. The molecule has 124 valence electrons. The first-order valence-electron chi connectivity index (χ1n) is 7.32. The minimum atomic E-state index is -4.21. The van der Waals surface area contributed by atoms with E-state index < -0.39 is 18.6 Å². The minimum Gasteiger partial charge on any atom is -0.462 e. The fourth-order valence-corrected chi connectivity index (χ4v) is 1.99. The molecule has 24 heavy (non-hydrogen) atoms. The molecular weight excluding hydrogens is 317 g/mol. The quantitative estimate of drug-likeness (QED) is 0.616. The first-order valence-corrected chi connectivity index (χ1v) is 7.32. The molecule has 0 radical (unpaired) electrons. The van der Waals surface area contributed by atoms with Crippen molar-refractivity contribution in [3.05, 3.63) is 70.8 Å². The predicted molar refractivity (Wildman–Crippen MR) is 84.6 cm³/mol. The van der Waals surface area contributed by atoms with E-state index in [1.54, 1.807) is 43.3 Å². The summed E-state index contributed by atoms with van der Waals surface area (Å²) >= 11 is 0. The first kappa shape index (κ1) is 17.6. The molecule has 0 saturated carbocycles. The van der Waals surface area contributed by atoms with Crippen LogP contribution in [0.4, 0.5) is 13.2 Å². The Balaban J connectivity index is 2.05. The molecule has 0 heterocycles. The van der Waals surface area contributed by atoms with Crippen LogP contribution >= 0.6 is 0 Å². The van der Waals surface area contributed by atoms with Crippen molar-refractivity contribution in [2.75, 3.05) is 6.61 Å². The molecule has 2 rings (SSSR count). The average Bonchev–Trinajstić information content (AvgIpc) is 2.53. The Kier molecular flexibility index (Phi) is 5.64. The molecule has 2 aromatic rings. The van der Waals surface area contributed by atoms with Gasteiger partial charge in [-0.05, 0) is 48.9 Å². The third kappa shape index (κ3) is 5.47. The van der Waals surface area contributed by atoms with Gasteiger partial charge in [0.25, 0.3) is 0 Å². The number of rotatable bonds is 3. The zero-order valence-electron chi connectivity index (χ0n) is 13.0. The van der Waals surface area contributed by atoms with Crippen molar-refractivity contribution in [3.63, 3.8) is 0 Å². The lowest BCUT2D eigenvalue weighted by Crippen LogP contribution is -2.11. The van der Waals surface area contributed by atoms with E-state index in [1.807, 2.05) is 0 Å². The highest BCUT2D eigenvalue weighted by atomic mass is 19.4. The number of alkyl halides is 3. The van der Waals surface area contributed by atoms with E-state index in [9.17, 15) is 18.0 Å². The van der Waals surface area contributed by atoms with Gasteiger partial charge in [-0.1, -0.05) is 24.0 Å². The number of halogens is 3. The monoisotopic (exact) mass is 332 g/mol. The van der Waals surface area contributed by atoms with Crippen LogP contribution in [-0.2, 0) is 11.2 Å². The highest BCUT2D eigenvalue weighted by molar-refractivity contribution is 5.89. The maximum atomic E-state index is 12.3. The van der Waals surface area contributed by atoms with Crippen LogP contribution < -0.4 is 0 Å². The van der Waals surface area contributed by atoms with E-state index >= 15 is 0 Å². The van der Waals surface area contributed by atoms with Crippen molar-refractivity contribution >= 4 is 5.97 Å². The molecule has 0 amide bonds. The molecule has 0 spiro atoms. The Morgan fingerprint density at radius 1 is 0.958 bits per heavy atom. The lowest BCUT2D eigenvalue weighted by Gasteiger charge is -2.05. The number of esters is 1. The van der Waals surface area contributed by atoms with Gasteiger partial charge in [-0.15, -0.1) is 0 Å². The van der Waals surface area contributed by atoms with Gasteiger partial charge >= 0.3 is 12.1 Å². The van der Waals surface area contributed by atoms with Crippen molar-refractivity contribution < 1.29 is 22.7 Å². The molecule has 0 saturated heterocycles. The summed E-state index contributed by atoms with van der Waals surface area (Å²) in [6.45, 7) is 2.04. The van der Waals surface area contributed by atoms with Gasteiger partial charge in [0.1, 0.15) is 0 Å². The zero-order chi connectivity index (χ0) is 17.6. The average molecular weight is 332 g/mol. The summed E-state index contributed by atoms with van der Waals surface area (Å²) in [7, 11) is 0. The van der Waals surface area contributed by atoms with E-state index in [0.717, 1.165) is 0 Å². The standard InChI is InChI=1S/C19H15F3O2/c1-2-24-18(23)17-11-9-15(10-12-17)4-3-14-5-7-16(8-6-14)13-19(20,21)22/h5-12H,2,13H2,1H3. The van der Waals surface area contributed by atoms with Crippen molar-refractivity contribution in [1.82, 2.24) is 0 Å². The Bertz CT molecular complexity index is 748. The second kappa shape index (κ2) is 7.69. The van der Waals surface area contributed by atoms with E-state index in [0.29, 0.717) is 23.3 Å². The van der Waals surface area contributed by atoms with Gasteiger partial charge in [-0.25, -0.2) is 4.79 Å². The lowest BCUT2D eigenvalue weighted by atomic mass is 10.1. The molecule has 0 atom stereocenters. The Morgan fingerprint density at radius 2 is 1.46 bits per heavy atom. The van der Waals surface area contributed by atoms with Crippen LogP contribution in [0.5, 0.6) is 0 Å². The Morgan fingerprint density at radius 3 is 1.92 bits per heavy atom. The van der Waals surface area contributed by atoms with Crippen LogP contribution in [0.15, 0.2) is 48.5 Å². The lowest BCUT2D eigenvalue weighted by molar-refractivity contribution is -0.127. The third-order valence-electron chi connectivity index (χ3n) is 3.11. The number of ether oxygens (including phenoxy) is 1. The van der Waals surface area contributed by atoms with Crippen molar-refractivity contribution in [2.24, 2.45) is 0 Å². The molecule has 0 fully saturated rings. The topological polar surface area (TPSA) is 26.3 Å². The van der Waals surface area contributed by atoms with E-state index in [1.165, 1.54) is 12.1 Å². The molecule has 5 heteroatoms. The van der Waals surface area contributed by atoms with Gasteiger partial charge in [0.15, 0.2) is 0 Å². The minimum absolute atomic E-state index is 0.201. The fraction of sp³-hybridized carbons (Fsp3) is 0.211. The maximum absolute atomic E-state index is 12.3. The molecule has 0 aliphatic heterocycles. The summed E-state index contributed by atoms with van der Waals surface area (Å²) in [5, 5.41) is 0. The molecule has 0 bridgehead atoms. The normalized spacial score (nSPS) is 10.7. The molecule has 2 aromatic carbocycles. The van der Waals surface area contributed by atoms with Gasteiger partial charge in [-0.3, -0.25) is 0 Å². The van der Waals surface area contributed by atoms with Gasteiger partial charge in [0, 0.05) is 11.1 Å². The smallest absolute Gasteiger partial charge is 0.393 e. The highest BCUT2D eigenvalue weighted by Gasteiger charge is 2.27. The number of hydrogen-bond acceptors (Lipinski definition) is 2. The summed E-state index contributed by atoms with van der Waals surface area (Å²) in [6, 6.07) is 12.6. The molecule has 2 nitrogen and oxygen atoms in total.